The van der Waals surface area contributed by atoms with E-state index in [-0.39, 0.29) is 36.2 Å². The van der Waals surface area contributed by atoms with Crippen LogP contribution in [0.1, 0.15) is 53.9 Å². The number of thioether (sulfide) groups is 1. The Morgan fingerprint density at radius 1 is 1.42 bits per heavy atom. The van der Waals surface area contributed by atoms with Crippen molar-refractivity contribution in [1.82, 2.24) is 9.80 Å². The smallest absolute Gasteiger partial charge is 0.310 e. The van der Waals surface area contributed by atoms with E-state index >= 15 is 0 Å². The molecule has 8 heteroatoms. The van der Waals surface area contributed by atoms with Gasteiger partial charge in [0.05, 0.1) is 35.8 Å². The lowest BCUT2D eigenvalue weighted by atomic mass is 9.71. The van der Waals surface area contributed by atoms with Crippen LogP contribution in [0, 0.1) is 11.8 Å². The average molecular weight is 453 g/mol. The molecule has 2 amide bonds. The molecule has 3 heterocycles. The van der Waals surface area contributed by atoms with E-state index in [9.17, 15) is 19.5 Å². The Morgan fingerprint density at radius 3 is 2.61 bits per heavy atom. The quantitative estimate of drug-likeness (QED) is 0.449. The Labute approximate surface area is 189 Å². The predicted molar refractivity (Wildman–Crippen MR) is 120 cm³/mol. The van der Waals surface area contributed by atoms with Crippen LogP contribution in [0.2, 0.25) is 0 Å². The molecule has 0 aromatic heterocycles. The number of fused-ring (bicyclic) bond motifs is 1. The van der Waals surface area contributed by atoms with E-state index in [1.807, 2.05) is 27.7 Å². The van der Waals surface area contributed by atoms with Crippen LogP contribution in [0.25, 0.3) is 0 Å². The van der Waals surface area contributed by atoms with Crippen LogP contribution in [0.4, 0.5) is 0 Å². The summed E-state index contributed by atoms with van der Waals surface area (Å²) in [4.78, 5) is 44.1. The molecular formula is C23H36N2O5S. The number of carbonyl (C=O) groups excluding carboxylic acids is 3. The molecule has 2 bridgehead atoms. The number of hydrogen-bond donors (Lipinski definition) is 1. The van der Waals surface area contributed by atoms with Crippen molar-refractivity contribution in [3.8, 4) is 0 Å². The van der Waals surface area contributed by atoms with E-state index in [0.717, 1.165) is 6.42 Å². The molecule has 31 heavy (non-hydrogen) atoms. The topological polar surface area (TPSA) is 87.2 Å². The van der Waals surface area contributed by atoms with Crippen molar-refractivity contribution < 1.29 is 24.2 Å². The predicted octanol–water partition coefficient (Wildman–Crippen LogP) is 2.22. The number of rotatable bonds is 8. The van der Waals surface area contributed by atoms with Gasteiger partial charge in [0.15, 0.2) is 0 Å². The summed E-state index contributed by atoms with van der Waals surface area (Å²) in [6.45, 7) is 13.8. The van der Waals surface area contributed by atoms with E-state index in [2.05, 4.69) is 6.58 Å². The molecule has 3 fully saturated rings. The SMILES string of the molecule is C=CCN(C(=O)C1N([C@@H](CC)CO)C(=O)[C@@H]2[C@H](C(=O)OCC)[C@@H]3CCC12S3)C(C)(C)C. The first kappa shape index (κ1) is 24.1. The van der Waals surface area contributed by atoms with Crippen molar-refractivity contribution in [3.05, 3.63) is 12.7 Å². The number of ether oxygens (including phenoxy) is 1. The van der Waals surface area contributed by atoms with Crippen molar-refractivity contribution >= 4 is 29.5 Å². The van der Waals surface area contributed by atoms with Crippen molar-refractivity contribution in [2.24, 2.45) is 11.8 Å². The maximum atomic E-state index is 14.1. The summed E-state index contributed by atoms with van der Waals surface area (Å²) < 4.78 is 4.67. The Hall–Kier alpha value is -1.54. The zero-order valence-electron chi connectivity index (χ0n) is 19.3. The molecule has 2 unspecified atom stereocenters. The van der Waals surface area contributed by atoms with Crippen LogP contribution in [-0.4, -0.2) is 80.1 Å². The third kappa shape index (κ3) is 3.69. The molecule has 3 aliphatic heterocycles. The first-order valence-electron chi connectivity index (χ1n) is 11.3. The van der Waals surface area contributed by atoms with Crippen molar-refractivity contribution in [2.45, 2.75) is 81.5 Å². The maximum Gasteiger partial charge on any atom is 0.310 e. The van der Waals surface area contributed by atoms with Gasteiger partial charge in [-0.3, -0.25) is 14.4 Å². The summed E-state index contributed by atoms with van der Waals surface area (Å²) in [6.07, 6.45) is 3.71. The van der Waals surface area contributed by atoms with E-state index in [4.69, 9.17) is 4.74 Å². The Kier molecular flexibility index (Phi) is 6.82. The van der Waals surface area contributed by atoms with Crippen LogP contribution in [0.5, 0.6) is 0 Å². The second kappa shape index (κ2) is 8.77. The molecule has 0 aromatic rings. The van der Waals surface area contributed by atoms with Gasteiger partial charge in [-0.1, -0.05) is 13.0 Å². The summed E-state index contributed by atoms with van der Waals surface area (Å²) in [6, 6.07) is -1.18. The average Bonchev–Trinajstić information content (AvgIpc) is 3.34. The van der Waals surface area contributed by atoms with Gasteiger partial charge in [0.2, 0.25) is 11.8 Å². The van der Waals surface area contributed by atoms with Gasteiger partial charge >= 0.3 is 5.97 Å². The number of carbonyl (C=O) groups is 3. The van der Waals surface area contributed by atoms with Gasteiger partial charge in [0, 0.05) is 17.3 Å². The lowest BCUT2D eigenvalue weighted by molar-refractivity contribution is -0.154. The van der Waals surface area contributed by atoms with Gasteiger partial charge in [-0.25, -0.2) is 0 Å². The van der Waals surface area contributed by atoms with E-state index in [1.165, 1.54) is 0 Å². The van der Waals surface area contributed by atoms with Gasteiger partial charge in [-0.2, -0.15) is 0 Å². The van der Waals surface area contributed by atoms with Crippen LogP contribution in [0.3, 0.4) is 0 Å². The summed E-state index contributed by atoms with van der Waals surface area (Å²) in [5.74, 6) is -1.79. The number of esters is 1. The fourth-order valence-corrected chi connectivity index (χ4v) is 7.84. The highest BCUT2D eigenvalue weighted by Gasteiger charge is 2.74. The first-order chi connectivity index (χ1) is 14.6. The largest absolute Gasteiger partial charge is 0.466 e. The lowest BCUT2D eigenvalue weighted by Gasteiger charge is -2.43. The van der Waals surface area contributed by atoms with Crippen LogP contribution in [-0.2, 0) is 19.1 Å². The molecule has 0 radical (unpaired) electrons. The van der Waals surface area contributed by atoms with Crippen LogP contribution >= 0.6 is 11.8 Å². The number of nitrogens with zero attached hydrogens (tertiary/aromatic N) is 2. The van der Waals surface area contributed by atoms with E-state index in [1.54, 1.807) is 34.6 Å². The zero-order valence-corrected chi connectivity index (χ0v) is 20.1. The first-order valence-corrected chi connectivity index (χ1v) is 12.2. The van der Waals surface area contributed by atoms with Crippen molar-refractivity contribution in [3.63, 3.8) is 0 Å². The number of hydrogen-bond acceptors (Lipinski definition) is 6. The van der Waals surface area contributed by atoms with Gasteiger partial charge in [-0.15, -0.1) is 18.3 Å². The molecule has 1 N–H and O–H groups in total. The minimum Gasteiger partial charge on any atom is -0.466 e. The van der Waals surface area contributed by atoms with E-state index in [0.29, 0.717) is 19.4 Å². The minimum absolute atomic E-state index is 0.0119. The fraction of sp³-hybridized carbons (Fsp3) is 0.783. The third-order valence-corrected chi connectivity index (χ3v) is 8.95. The monoisotopic (exact) mass is 452 g/mol. The number of aliphatic hydroxyl groups is 1. The third-order valence-electron chi connectivity index (χ3n) is 6.99. The summed E-state index contributed by atoms with van der Waals surface area (Å²) in [5.41, 5.74) is -0.461. The molecule has 3 aliphatic rings. The number of amides is 2. The summed E-state index contributed by atoms with van der Waals surface area (Å²) >= 11 is 1.62. The normalized spacial score (nSPS) is 32.7. The van der Waals surface area contributed by atoms with Crippen LogP contribution < -0.4 is 0 Å². The summed E-state index contributed by atoms with van der Waals surface area (Å²) in [7, 11) is 0. The van der Waals surface area contributed by atoms with Gasteiger partial charge in [0.25, 0.3) is 0 Å². The van der Waals surface area contributed by atoms with Crippen molar-refractivity contribution in [1.29, 1.82) is 0 Å². The van der Waals surface area contributed by atoms with Gasteiger partial charge < -0.3 is 19.6 Å². The molecule has 174 valence electrons. The minimum atomic E-state index is -0.712. The number of aliphatic hydroxyl groups excluding tert-OH is 1. The number of likely N-dealkylation sites (tertiary alicyclic amines) is 1. The second-order valence-corrected chi connectivity index (χ2v) is 11.3. The second-order valence-electron chi connectivity index (χ2n) is 9.71. The van der Waals surface area contributed by atoms with E-state index < -0.39 is 34.2 Å². The lowest BCUT2D eigenvalue weighted by Crippen LogP contribution is -2.60. The highest BCUT2D eigenvalue weighted by atomic mass is 32.2. The van der Waals surface area contributed by atoms with Crippen LogP contribution in [0.15, 0.2) is 12.7 Å². The Morgan fingerprint density at radius 2 is 2.10 bits per heavy atom. The van der Waals surface area contributed by atoms with Gasteiger partial charge in [-0.05, 0) is 47.0 Å². The molecule has 0 saturated carbocycles. The molecule has 1 spiro atoms. The molecule has 3 saturated heterocycles. The molecule has 0 aromatic carbocycles. The van der Waals surface area contributed by atoms with Gasteiger partial charge in [0.1, 0.15) is 6.04 Å². The summed E-state index contributed by atoms with van der Waals surface area (Å²) in [5, 5.41) is 10.0. The Bertz CT molecular complexity index is 747. The molecule has 0 aliphatic carbocycles. The molecule has 7 nitrogen and oxygen atoms in total. The highest BCUT2D eigenvalue weighted by molar-refractivity contribution is 8.02. The zero-order chi connectivity index (χ0) is 23.1. The molecular weight excluding hydrogens is 416 g/mol. The molecule has 3 rings (SSSR count). The Balaban J connectivity index is 2.11. The highest BCUT2D eigenvalue weighted by Crippen LogP contribution is 2.67. The maximum absolute atomic E-state index is 14.1. The fourth-order valence-electron chi connectivity index (χ4n) is 5.65. The van der Waals surface area contributed by atoms with Crippen molar-refractivity contribution in [2.75, 3.05) is 19.8 Å². The molecule has 6 atom stereocenters. The standard InChI is InChI=1S/C23H36N2O5S/c1-7-12-24(22(4,5)6)20(28)18-23-11-10-15(31-23)16(21(29)30-9-3)17(23)19(27)25(18)14(8-2)13-26/h7,14-18,26H,1,8-13H2,2-6H3/t14-,15-,16+,17-,18?,23?/m0/s1.